The molecule has 20 heavy (non-hydrogen) atoms. The molecule has 3 rings (SSSR count). The lowest BCUT2D eigenvalue weighted by Gasteiger charge is -2.15. The van der Waals surface area contributed by atoms with Gasteiger partial charge >= 0.3 is 0 Å². The fraction of sp³-hybridized carbons (Fsp3) is 0.118. The van der Waals surface area contributed by atoms with Crippen LogP contribution in [0.5, 0.6) is 0 Å². The van der Waals surface area contributed by atoms with Crippen LogP contribution in [-0.4, -0.2) is 17.3 Å². The van der Waals surface area contributed by atoms with Gasteiger partial charge in [-0.1, -0.05) is 54.6 Å². The zero-order valence-electron chi connectivity index (χ0n) is 10.9. The van der Waals surface area contributed by atoms with E-state index in [0.717, 1.165) is 5.56 Å². The SMILES string of the molecule is O=C1CC(=NCc2ccccc2)C(=O)c2ccccc21. The predicted octanol–water partition coefficient (Wildman–Crippen LogP) is 3.10. The highest BCUT2D eigenvalue weighted by molar-refractivity contribution is 6.52. The summed E-state index contributed by atoms with van der Waals surface area (Å²) in [4.78, 5) is 28.7. The number of rotatable bonds is 2. The molecule has 0 spiro atoms. The van der Waals surface area contributed by atoms with Gasteiger partial charge in [0.1, 0.15) is 0 Å². The summed E-state index contributed by atoms with van der Waals surface area (Å²) < 4.78 is 0. The molecule has 1 aliphatic carbocycles. The Kier molecular flexibility index (Phi) is 3.25. The Labute approximate surface area is 117 Å². The van der Waals surface area contributed by atoms with Gasteiger partial charge in [-0.15, -0.1) is 0 Å². The van der Waals surface area contributed by atoms with E-state index in [4.69, 9.17) is 0 Å². The van der Waals surface area contributed by atoms with Gasteiger partial charge in [-0.25, -0.2) is 0 Å². The molecule has 0 aromatic heterocycles. The fourth-order valence-electron chi connectivity index (χ4n) is 2.31. The van der Waals surface area contributed by atoms with Crippen molar-refractivity contribution in [2.45, 2.75) is 13.0 Å². The van der Waals surface area contributed by atoms with Crippen molar-refractivity contribution in [2.24, 2.45) is 4.99 Å². The second-order valence-corrected chi connectivity index (χ2v) is 4.72. The summed E-state index contributed by atoms with van der Waals surface area (Å²) in [7, 11) is 0. The van der Waals surface area contributed by atoms with E-state index >= 15 is 0 Å². The van der Waals surface area contributed by atoms with Crippen molar-refractivity contribution >= 4 is 17.3 Å². The Bertz CT molecular complexity index is 702. The Hall–Kier alpha value is -2.55. The zero-order valence-corrected chi connectivity index (χ0v) is 10.9. The lowest BCUT2D eigenvalue weighted by molar-refractivity contribution is 0.0964. The molecule has 0 N–H and O–H groups in total. The van der Waals surface area contributed by atoms with Crippen molar-refractivity contribution < 1.29 is 9.59 Å². The van der Waals surface area contributed by atoms with E-state index in [1.54, 1.807) is 24.3 Å². The van der Waals surface area contributed by atoms with Crippen LogP contribution >= 0.6 is 0 Å². The van der Waals surface area contributed by atoms with Gasteiger partial charge in [0.05, 0.1) is 18.7 Å². The Morgan fingerprint density at radius 1 is 0.850 bits per heavy atom. The molecule has 0 fully saturated rings. The van der Waals surface area contributed by atoms with Gasteiger partial charge in [0.2, 0.25) is 5.78 Å². The number of benzene rings is 2. The second-order valence-electron chi connectivity index (χ2n) is 4.72. The van der Waals surface area contributed by atoms with Crippen molar-refractivity contribution in [3.05, 3.63) is 71.3 Å². The normalized spacial score (nSPS) is 16.3. The van der Waals surface area contributed by atoms with Gasteiger partial charge in [0.15, 0.2) is 5.78 Å². The van der Waals surface area contributed by atoms with Crippen LogP contribution < -0.4 is 0 Å². The lowest BCUT2D eigenvalue weighted by Crippen LogP contribution is -2.27. The van der Waals surface area contributed by atoms with E-state index in [2.05, 4.69) is 4.99 Å². The summed E-state index contributed by atoms with van der Waals surface area (Å²) >= 11 is 0. The number of carbonyl (C=O) groups is 2. The molecule has 0 saturated carbocycles. The van der Waals surface area contributed by atoms with Crippen LogP contribution in [0.1, 0.15) is 32.7 Å². The van der Waals surface area contributed by atoms with Crippen molar-refractivity contribution in [2.75, 3.05) is 0 Å². The van der Waals surface area contributed by atoms with E-state index in [-0.39, 0.29) is 18.0 Å². The molecule has 0 bridgehead atoms. The topological polar surface area (TPSA) is 46.5 Å². The highest BCUT2D eigenvalue weighted by Gasteiger charge is 2.28. The van der Waals surface area contributed by atoms with Crippen LogP contribution in [0.4, 0.5) is 0 Å². The number of hydrogen-bond acceptors (Lipinski definition) is 3. The zero-order chi connectivity index (χ0) is 13.9. The minimum Gasteiger partial charge on any atom is -0.294 e. The van der Waals surface area contributed by atoms with Crippen LogP contribution in [0.15, 0.2) is 59.6 Å². The summed E-state index contributed by atoms with van der Waals surface area (Å²) in [5.41, 5.74) is 2.36. The number of fused-ring (bicyclic) bond motifs is 1. The molecule has 0 saturated heterocycles. The largest absolute Gasteiger partial charge is 0.294 e. The predicted molar refractivity (Wildman–Crippen MR) is 77.3 cm³/mol. The smallest absolute Gasteiger partial charge is 0.207 e. The third-order valence-corrected chi connectivity index (χ3v) is 3.36. The molecule has 0 amide bonds. The maximum absolute atomic E-state index is 12.3. The van der Waals surface area contributed by atoms with Crippen LogP contribution in [0.3, 0.4) is 0 Å². The Balaban J connectivity index is 1.90. The number of ketones is 2. The van der Waals surface area contributed by atoms with Gasteiger partial charge in [-0.3, -0.25) is 14.6 Å². The fourth-order valence-corrected chi connectivity index (χ4v) is 2.31. The van der Waals surface area contributed by atoms with E-state index in [1.165, 1.54) is 0 Å². The number of hydrogen-bond donors (Lipinski definition) is 0. The molecular formula is C17H13NO2. The number of carbonyl (C=O) groups excluding carboxylic acids is 2. The first-order chi connectivity index (χ1) is 9.75. The molecule has 0 aliphatic heterocycles. The van der Waals surface area contributed by atoms with Crippen LogP contribution in [0, 0.1) is 0 Å². The molecule has 0 radical (unpaired) electrons. The number of Topliss-reactive ketones (excluding diaryl/α,β-unsaturated/α-hetero) is 2. The summed E-state index contributed by atoms with van der Waals surface area (Å²) in [5.74, 6) is -0.164. The molecule has 1 aliphatic rings. The van der Waals surface area contributed by atoms with Crippen molar-refractivity contribution in [3.63, 3.8) is 0 Å². The molecule has 3 heteroatoms. The molecule has 2 aromatic rings. The third kappa shape index (κ3) is 2.30. The second kappa shape index (κ2) is 5.21. The molecule has 3 nitrogen and oxygen atoms in total. The minimum absolute atomic E-state index is 0.0352. The molecule has 0 atom stereocenters. The average Bonchev–Trinajstić information content (AvgIpc) is 2.50. The molecule has 2 aromatic carbocycles. The molecule has 0 heterocycles. The maximum atomic E-state index is 12.3. The first-order valence-electron chi connectivity index (χ1n) is 6.50. The van der Waals surface area contributed by atoms with Gasteiger partial charge in [-0.2, -0.15) is 0 Å². The highest BCUT2D eigenvalue weighted by Crippen LogP contribution is 2.20. The summed E-state index contributed by atoms with van der Waals surface area (Å²) in [6.45, 7) is 0.428. The van der Waals surface area contributed by atoms with E-state index in [1.807, 2.05) is 30.3 Å². The third-order valence-electron chi connectivity index (χ3n) is 3.36. The van der Waals surface area contributed by atoms with E-state index in [0.29, 0.717) is 23.4 Å². The summed E-state index contributed by atoms with van der Waals surface area (Å²) in [5, 5.41) is 0. The van der Waals surface area contributed by atoms with E-state index in [9.17, 15) is 9.59 Å². The lowest BCUT2D eigenvalue weighted by atomic mass is 9.88. The summed E-state index contributed by atoms with van der Waals surface area (Å²) in [6, 6.07) is 16.6. The van der Waals surface area contributed by atoms with Crippen LogP contribution in [0.25, 0.3) is 0 Å². The Morgan fingerprint density at radius 3 is 2.25 bits per heavy atom. The van der Waals surface area contributed by atoms with Crippen LogP contribution in [-0.2, 0) is 6.54 Å². The monoisotopic (exact) mass is 263 g/mol. The molecule has 0 unspecified atom stereocenters. The highest BCUT2D eigenvalue weighted by atomic mass is 16.1. The maximum Gasteiger partial charge on any atom is 0.207 e. The number of aliphatic imine (C=N–C) groups is 1. The van der Waals surface area contributed by atoms with Gasteiger partial charge < -0.3 is 0 Å². The van der Waals surface area contributed by atoms with Gasteiger partial charge in [0.25, 0.3) is 0 Å². The quantitative estimate of drug-likeness (QED) is 0.835. The van der Waals surface area contributed by atoms with Gasteiger partial charge in [0, 0.05) is 11.1 Å². The van der Waals surface area contributed by atoms with Crippen LogP contribution in [0.2, 0.25) is 0 Å². The minimum atomic E-state index is -0.129. The molecule has 98 valence electrons. The number of nitrogens with zero attached hydrogens (tertiary/aromatic N) is 1. The van der Waals surface area contributed by atoms with E-state index < -0.39 is 0 Å². The van der Waals surface area contributed by atoms with Crippen molar-refractivity contribution in [1.82, 2.24) is 0 Å². The van der Waals surface area contributed by atoms with Crippen molar-refractivity contribution in [1.29, 1.82) is 0 Å². The first kappa shape index (κ1) is 12.5. The average molecular weight is 263 g/mol. The van der Waals surface area contributed by atoms with Crippen molar-refractivity contribution in [3.8, 4) is 0 Å². The van der Waals surface area contributed by atoms with Gasteiger partial charge in [-0.05, 0) is 5.56 Å². The standard InChI is InChI=1S/C17H13NO2/c19-16-10-15(18-11-12-6-2-1-3-7-12)17(20)14-9-5-4-8-13(14)16/h1-9H,10-11H2. The Morgan fingerprint density at radius 2 is 1.50 bits per heavy atom. The first-order valence-corrected chi connectivity index (χ1v) is 6.50. The molecular weight excluding hydrogens is 250 g/mol. The summed E-state index contributed by atoms with van der Waals surface area (Å²) in [6.07, 6.45) is 0.0999.